The number of aldehydes is 1. The molecule has 0 aromatic rings. The van der Waals surface area contributed by atoms with Crippen molar-refractivity contribution in [1.82, 2.24) is 0 Å². The van der Waals surface area contributed by atoms with Gasteiger partial charge in [0.05, 0.1) is 11.5 Å². The summed E-state index contributed by atoms with van der Waals surface area (Å²) in [5.41, 5.74) is -0.797. The molecule has 1 N–H and O–H groups in total. The molecule has 0 spiro atoms. The second kappa shape index (κ2) is 3.89. The molecule has 13 heavy (non-hydrogen) atoms. The van der Waals surface area contributed by atoms with Crippen molar-refractivity contribution in [3.8, 4) is 6.07 Å². The van der Waals surface area contributed by atoms with Crippen molar-refractivity contribution in [2.75, 3.05) is 0 Å². The highest BCUT2D eigenvalue weighted by Gasteiger charge is 2.40. The maximum Gasteiger partial charge on any atom is 0.150 e. The molecule has 1 atom stereocenters. The minimum absolute atomic E-state index is 0.485. The van der Waals surface area contributed by atoms with Crippen LogP contribution in [0.4, 0.5) is 0 Å². The van der Waals surface area contributed by atoms with Crippen molar-refractivity contribution in [3.63, 3.8) is 0 Å². The van der Waals surface area contributed by atoms with Gasteiger partial charge >= 0.3 is 0 Å². The van der Waals surface area contributed by atoms with Gasteiger partial charge in [-0.1, -0.05) is 6.92 Å². The van der Waals surface area contributed by atoms with Gasteiger partial charge in [-0.05, 0) is 31.6 Å². The van der Waals surface area contributed by atoms with E-state index in [1.54, 1.807) is 0 Å². The molecule has 0 saturated heterocycles. The minimum atomic E-state index is -1.11. The molecule has 1 fully saturated rings. The van der Waals surface area contributed by atoms with Crippen LogP contribution in [0.25, 0.3) is 0 Å². The second-order valence-corrected chi connectivity index (χ2v) is 4.03. The van der Waals surface area contributed by atoms with E-state index in [9.17, 15) is 9.90 Å². The Labute approximate surface area is 78.4 Å². The predicted octanol–water partition coefficient (Wildman–Crippen LogP) is 1.27. The quantitative estimate of drug-likeness (QED) is 0.652. The fourth-order valence-electron chi connectivity index (χ4n) is 1.88. The maximum absolute atomic E-state index is 10.4. The molecule has 0 aromatic carbocycles. The number of nitrogens with zero attached hydrogens (tertiary/aromatic N) is 1. The lowest BCUT2D eigenvalue weighted by molar-refractivity contribution is -0.120. The van der Waals surface area contributed by atoms with Crippen LogP contribution in [0, 0.1) is 22.7 Å². The van der Waals surface area contributed by atoms with E-state index in [1.807, 2.05) is 0 Å². The van der Waals surface area contributed by atoms with Gasteiger partial charge < -0.3 is 9.90 Å². The Morgan fingerprint density at radius 3 is 2.54 bits per heavy atom. The lowest BCUT2D eigenvalue weighted by Crippen LogP contribution is -2.38. The Bertz CT molecular complexity index is 224. The Balaban J connectivity index is 2.72. The van der Waals surface area contributed by atoms with E-state index in [4.69, 9.17) is 5.26 Å². The average molecular weight is 181 g/mol. The number of carbonyl (C=O) groups excluding carboxylic acids is 1. The second-order valence-electron chi connectivity index (χ2n) is 4.03. The number of rotatable bonds is 2. The van der Waals surface area contributed by atoms with Gasteiger partial charge in [0.1, 0.15) is 12.4 Å². The Morgan fingerprint density at radius 1 is 1.62 bits per heavy atom. The molecular formula is C10H15NO2. The van der Waals surface area contributed by atoms with Crippen molar-refractivity contribution in [2.45, 2.75) is 38.7 Å². The molecule has 1 unspecified atom stereocenters. The highest BCUT2D eigenvalue weighted by Crippen LogP contribution is 2.40. The van der Waals surface area contributed by atoms with Crippen LogP contribution in [0.15, 0.2) is 0 Å². The first-order chi connectivity index (χ1) is 6.14. The molecule has 1 saturated carbocycles. The Morgan fingerprint density at radius 2 is 2.15 bits per heavy atom. The molecule has 0 amide bonds. The van der Waals surface area contributed by atoms with E-state index in [-0.39, 0.29) is 0 Å². The zero-order valence-corrected chi connectivity index (χ0v) is 7.86. The average Bonchev–Trinajstić information content (AvgIpc) is 2.18. The summed E-state index contributed by atoms with van der Waals surface area (Å²) in [5.74, 6) is 0.611. The van der Waals surface area contributed by atoms with Crippen LogP contribution in [0.5, 0.6) is 0 Å². The minimum Gasteiger partial charge on any atom is -0.384 e. The van der Waals surface area contributed by atoms with Gasteiger partial charge in [0.15, 0.2) is 0 Å². The first-order valence-electron chi connectivity index (χ1n) is 4.69. The first-order valence-corrected chi connectivity index (χ1v) is 4.69. The summed E-state index contributed by atoms with van der Waals surface area (Å²) in [6.07, 6.45) is 2.52. The molecule has 3 heteroatoms. The van der Waals surface area contributed by atoms with Crippen molar-refractivity contribution >= 4 is 6.29 Å². The Kier molecular flexibility index (Phi) is 3.05. The number of carbonyl (C=O) groups is 1. The summed E-state index contributed by atoms with van der Waals surface area (Å²) in [4.78, 5) is 10.4. The lowest BCUT2D eigenvalue weighted by atomic mass is 9.69. The first kappa shape index (κ1) is 10.2. The van der Waals surface area contributed by atoms with Crippen LogP contribution in [0.2, 0.25) is 0 Å². The summed E-state index contributed by atoms with van der Waals surface area (Å²) in [6, 6.07) is 2.11. The number of hydrogen-bond acceptors (Lipinski definition) is 3. The van der Waals surface area contributed by atoms with Gasteiger partial charge in [-0.25, -0.2) is 0 Å². The van der Waals surface area contributed by atoms with Crippen LogP contribution in [0.1, 0.15) is 32.6 Å². The van der Waals surface area contributed by atoms with Crippen LogP contribution >= 0.6 is 0 Å². The molecule has 1 rings (SSSR count). The van der Waals surface area contributed by atoms with E-state index in [1.165, 1.54) is 0 Å². The zero-order chi connectivity index (χ0) is 9.90. The molecule has 0 heterocycles. The van der Waals surface area contributed by atoms with E-state index in [2.05, 4.69) is 13.0 Å². The largest absolute Gasteiger partial charge is 0.384 e. The van der Waals surface area contributed by atoms with Crippen molar-refractivity contribution in [1.29, 1.82) is 5.26 Å². The summed E-state index contributed by atoms with van der Waals surface area (Å²) >= 11 is 0. The van der Waals surface area contributed by atoms with Crippen molar-refractivity contribution < 1.29 is 9.90 Å². The monoisotopic (exact) mass is 181 g/mol. The topological polar surface area (TPSA) is 61.1 Å². The Hall–Kier alpha value is -0.880. The van der Waals surface area contributed by atoms with Gasteiger partial charge in [-0.15, -0.1) is 0 Å². The molecule has 0 radical (unpaired) electrons. The number of aliphatic hydroxyl groups excluding tert-OH is 1. The summed E-state index contributed by atoms with van der Waals surface area (Å²) in [6.45, 7) is 2.13. The molecule has 1 aliphatic rings. The fraction of sp³-hybridized carbons (Fsp3) is 0.800. The van der Waals surface area contributed by atoms with Gasteiger partial charge in [0.2, 0.25) is 0 Å². The number of aliphatic hydroxyl groups is 1. The fourth-order valence-corrected chi connectivity index (χ4v) is 1.88. The molecule has 3 nitrogen and oxygen atoms in total. The van der Waals surface area contributed by atoms with Crippen molar-refractivity contribution in [3.05, 3.63) is 0 Å². The molecule has 0 aliphatic heterocycles. The summed E-state index contributed by atoms with van der Waals surface area (Å²) in [7, 11) is 0. The molecular weight excluding hydrogens is 166 g/mol. The third-order valence-electron chi connectivity index (χ3n) is 3.08. The highest BCUT2D eigenvalue weighted by atomic mass is 16.3. The van der Waals surface area contributed by atoms with E-state index >= 15 is 0 Å². The van der Waals surface area contributed by atoms with Crippen LogP contribution < -0.4 is 0 Å². The third-order valence-corrected chi connectivity index (χ3v) is 3.08. The van der Waals surface area contributed by atoms with Crippen LogP contribution in [0.3, 0.4) is 0 Å². The molecule has 0 aromatic heterocycles. The maximum atomic E-state index is 10.4. The van der Waals surface area contributed by atoms with E-state index in [0.29, 0.717) is 25.0 Å². The zero-order valence-electron chi connectivity index (χ0n) is 7.86. The normalized spacial score (nSPS) is 36.2. The SMILES string of the molecule is CC1CCC(C#N)(C(O)C=O)CC1. The lowest BCUT2D eigenvalue weighted by Gasteiger charge is -2.34. The predicted molar refractivity (Wildman–Crippen MR) is 47.7 cm³/mol. The van der Waals surface area contributed by atoms with E-state index < -0.39 is 11.5 Å². The van der Waals surface area contributed by atoms with Gasteiger partial charge in [-0.3, -0.25) is 0 Å². The molecule has 72 valence electrons. The smallest absolute Gasteiger partial charge is 0.150 e. The standard InChI is InChI=1S/C10H15NO2/c1-8-2-4-10(7-11,5-3-8)9(13)6-12/h6,8-9,13H,2-5H2,1H3. The van der Waals surface area contributed by atoms with Crippen LogP contribution in [-0.2, 0) is 4.79 Å². The van der Waals surface area contributed by atoms with Crippen molar-refractivity contribution in [2.24, 2.45) is 11.3 Å². The summed E-state index contributed by atoms with van der Waals surface area (Å²) in [5, 5.41) is 18.4. The van der Waals surface area contributed by atoms with Crippen LogP contribution in [-0.4, -0.2) is 17.5 Å². The third kappa shape index (κ3) is 1.89. The van der Waals surface area contributed by atoms with Gasteiger partial charge in [0.25, 0.3) is 0 Å². The van der Waals surface area contributed by atoms with E-state index in [0.717, 1.165) is 12.8 Å². The molecule has 0 bridgehead atoms. The highest BCUT2D eigenvalue weighted by molar-refractivity contribution is 5.58. The summed E-state index contributed by atoms with van der Waals surface area (Å²) < 4.78 is 0. The number of hydrogen-bond donors (Lipinski definition) is 1. The van der Waals surface area contributed by atoms with Gasteiger partial charge in [-0.2, -0.15) is 5.26 Å². The molecule has 1 aliphatic carbocycles. The number of nitriles is 1. The van der Waals surface area contributed by atoms with Gasteiger partial charge in [0, 0.05) is 0 Å².